The number of benzene rings is 2. The molecule has 0 saturated heterocycles. The van der Waals surface area contributed by atoms with Crippen LogP contribution >= 0.6 is 0 Å². The first-order valence-electron chi connectivity index (χ1n) is 8.49. The number of carbonyl (C=O) groups excluding carboxylic acids is 3. The number of nitrogens with one attached hydrogen (secondary N) is 3. The molecule has 0 bridgehead atoms. The molecular formula is C20H23N3O3. The normalized spacial score (nSPS) is 11.3. The average molecular weight is 353 g/mol. The Balaban J connectivity index is 1.92. The van der Waals surface area contributed by atoms with Crippen LogP contribution in [0.2, 0.25) is 0 Å². The van der Waals surface area contributed by atoms with Crippen LogP contribution in [0.3, 0.4) is 0 Å². The van der Waals surface area contributed by atoms with Crippen molar-refractivity contribution in [3.63, 3.8) is 0 Å². The molecule has 0 fully saturated rings. The van der Waals surface area contributed by atoms with Crippen molar-refractivity contribution in [3.05, 3.63) is 71.3 Å². The van der Waals surface area contributed by atoms with Crippen molar-refractivity contribution in [1.82, 2.24) is 16.2 Å². The van der Waals surface area contributed by atoms with Gasteiger partial charge in [-0.2, -0.15) is 0 Å². The topological polar surface area (TPSA) is 87.3 Å². The van der Waals surface area contributed by atoms with Crippen molar-refractivity contribution >= 4 is 17.7 Å². The molecule has 0 aliphatic heterocycles. The van der Waals surface area contributed by atoms with E-state index in [1.54, 1.807) is 12.1 Å². The first kappa shape index (κ1) is 19.2. The molecule has 1 atom stereocenters. The summed E-state index contributed by atoms with van der Waals surface area (Å²) in [6, 6.07) is 15.9. The van der Waals surface area contributed by atoms with E-state index in [9.17, 15) is 14.4 Å². The summed E-state index contributed by atoms with van der Waals surface area (Å²) in [6.45, 7) is 3.43. The van der Waals surface area contributed by atoms with Crippen molar-refractivity contribution in [2.75, 3.05) is 0 Å². The predicted molar refractivity (Wildman–Crippen MR) is 99.0 cm³/mol. The molecule has 136 valence electrons. The lowest BCUT2D eigenvalue weighted by Crippen LogP contribution is -2.43. The lowest BCUT2D eigenvalue weighted by atomic mass is 10.0. The van der Waals surface area contributed by atoms with Crippen molar-refractivity contribution in [1.29, 1.82) is 0 Å². The van der Waals surface area contributed by atoms with Gasteiger partial charge in [0.2, 0.25) is 11.8 Å². The van der Waals surface area contributed by atoms with E-state index in [0.29, 0.717) is 5.56 Å². The molecule has 3 N–H and O–H groups in total. The van der Waals surface area contributed by atoms with E-state index in [0.717, 1.165) is 17.5 Å². The molecule has 26 heavy (non-hydrogen) atoms. The summed E-state index contributed by atoms with van der Waals surface area (Å²) < 4.78 is 0. The Morgan fingerprint density at radius 3 is 2.15 bits per heavy atom. The molecule has 6 nitrogen and oxygen atoms in total. The highest BCUT2D eigenvalue weighted by molar-refractivity contribution is 5.95. The maximum absolute atomic E-state index is 12.2. The van der Waals surface area contributed by atoms with Crippen LogP contribution in [0.5, 0.6) is 0 Å². The zero-order chi connectivity index (χ0) is 18.9. The molecule has 0 aliphatic carbocycles. The van der Waals surface area contributed by atoms with E-state index in [1.807, 2.05) is 49.4 Å². The lowest BCUT2D eigenvalue weighted by molar-refractivity contribution is -0.123. The van der Waals surface area contributed by atoms with E-state index < -0.39 is 17.9 Å². The van der Waals surface area contributed by atoms with Gasteiger partial charge in [0.15, 0.2) is 0 Å². The van der Waals surface area contributed by atoms with E-state index >= 15 is 0 Å². The number of hydrogen-bond acceptors (Lipinski definition) is 3. The summed E-state index contributed by atoms with van der Waals surface area (Å²) in [6.07, 6.45) is 0.904. The van der Waals surface area contributed by atoms with Gasteiger partial charge in [-0.1, -0.05) is 49.4 Å². The van der Waals surface area contributed by atoms with Crippen molar-refractivity contribution in [2.45, 2.75) is 32.7 Å². The molecule has 0 unspecified atom stereocenters. The zero-order valence-electron chi connectivity index (χ0n) is 14.9. The van der Waals surface area contributed by atoms with E-state index in [-0.39, 0.29) is 12.3 Å². The van der Waals surface area contributed by atoms with Gasteiger partial charge < -0.3 is 5.32 Å². The Labute approximate surface area is 153 Å². The summed E-state index contributed by atoms with van der Waals surface area (Å²) in [5.41, 5.74) is 7.20. The highest BCUT2D eigenvalue weighted by Gasteiger charge is 2.17. The van der Waals surface area contributed by atoms with E-state index in [4.69, 9.17) is 0 Å². The van der Waals surface area contributed by atoms with E-state index in [2.05, 4.69) is 16.2 Å². The molecule has 0 spiro atoms. The van der Waals surface area contributed by atoms with Crippen molar-refractivity contribution in [3.8, 4) is 0 Å². The Morgan fingerprint density at radius 2 is 1.58 bits per heavy atom. The summed E-state index contributed by atoms with van der Waals surface area (Å²) in [5, 5.41) is 2.75. The van der Waals surface area contributed by atoms with Crippen LogP contribution in [0, 0.1) is 0 Å². The zero-order valence-corrected chi connectivity index (χ0v) is 14.9. The number of carbonyl (C=O) groups is 3. The second-order valence-electron chi connectivity index (χ2n) is 5.92. The van der Waals surface area contributed by atoms with Gasteiger partial charge in [0.1, 0.15) is 0 Å². The molecule has 0 saturated carbocycles. The van der Waals surface area contributed by atoms with Gasteiger partial charge in [-0.3, -0.25) is 25.2 Å². The van der Waals surface area contributed by atoms with Gasteiger partial charge in [0.05, 0.1) is 12.5 Å². The quantitative estimate of drug-likeness (QED) is 0.696. The number of hydrazine groups is 1. The maximum atomic E-state index is 12.2. The Kier molecular flexibility index (Phi) is 6.91. The van der Waals surface area contributed by atoms with Crippen LogP contribution in [0.4, 0.5) is 0 Å². The molecule has 2 aromatic rings. The summed E-state index contributed by atoms with van der Waals surface area (Å²) in [4.78, 5) is 35.7. The largest absolute Gasteiger partial charge is 0.349 e. The third-order valence-corrected chi connectivity index (χ3v) is 3.91. The summed E-state index contributed by atoms with van der Waals surface area (Å²) >= 11 is 0. The van der Waals surface area contributed by atoms with Crippen LogP contribution in [0.1, 0.15) is 47.8 Å². The van der Waals surface area contributed by atoms with Crippen LogP contribution in [0.15, 0.2) is 54.6 Å². The third-order valence-electron chi connectivity index (χ3n) is 3.91. The van der Waals surface area contributed by atoms with Crippen molar-refractivity contribution in [2.24, 2.45) is 0 Å². The Morgan fingerprint density at radius 1 is 0.923 bits per heavy atom. The standard InChI is InChI=1S/C20H23N3O3/c1-3-15-9-11-17(12-10-15)20(26)23-22-19(25)13-18(21-14(2)24)16-7-5-4-6-8-16/h4-12,18H,3,13H2,1-2H3,(H,21,24)(H,22,25)(H,23,26)/t18-/m0/s1. The minimum absolute atomic E-state index is 0.0125. The van der Waals surface area contributed by atoms with Gasteiger partial charge >= 0.3 is 0 Å². The summed E-state index contributed by atoms with van der Waals surface area (Å²) in [7, 11) is 0. The molecule has 3 amide bonds. The molecule has 6 heteroatoms. The monoisotopic (exact) mass is 353 g/mol. The smallest absolute Gasteiger partial charge is 0.269 e. The second kappa shape index (κ2) is 9.36. The third kappa shape index (κ3) is 5.73. The van der Waals surface area contributed by atoms with Gasteiger partial charge in [-0.15, -0.1) is 0 Å². The lowest BCUT2D eigenvalue weighted by Gasteiger charge is -2.18. The molecule has 0 radical (unpaired) electrons. The van der Waals surface area contributed by atoms with Gasteiger partial charge in [-0.25, -0.2) is 0 Å². The number of rotatable bonds is 6. The average Bonchev–Trinajstić information content (AvgIpc) is 2.66. The highest BCUT2D eigenvalue weighted by Crippen LogP contribution is 2.16. The van der Waals surface area contributed by atoms with Crippen LogP contribution in [-0.2, 0) is 16.0 Å². The number of amides is 3. The first-order valence-corrected chi connectivity index (χ1v) is 8.49. The molecule has 0 aromatic heterocycles. The molecular weight excluding hydrogens is 330 g/mol. The highest BCUT2D eigenvalue weighted by atomic mass is 16.2. The fourth-order valence-corrected chi connectivity index (χ4v) is 2.51. The molecule has 0 aliphatic rings. The maximum Gasteiger partial charge on any atom is 0.269 e. The van der Waals surface area contributed by atoms with Crippen LogP contribution in [-0.4, -0.2) is 17.7 Å². The van der Waals surface area contributed by atoms with Crippen LogP contribution in [0.25, 0.3) is 0 Å². The first-order chi connectivity index (χ1) is 12.5. The Bertz CT molecular complexity index is 758. The minimum Gasteiger partial charge on any atom is -0.349 e. The van der Waals surface area contributed by atoms with Gasteiger partial charge in [-0.05, 0) is 29.7 Å². The fourth-order valence-electron chi connectivity index (χ4n) is 2.51. The van der Waals surface area contributed by atoms with E-state index in [1.165, 1.54) is 6.92 Å². The van der Waals surface area contributed by atoms with Gasteiger partial charge in [0, 0.05) is 12.5 Å². The molecule has 2 rings (SSSR count). The predicted octanol–water partition coefficient (Wildman–Crippen LogP) is 2.28. The number of hydrogen-bond donors (Lipinski definition) is 3. The van der Waals surface area contributed by atoms with Crippen LogP contribution < -0.4 is 16.2 Å². The fraction of sp³-hybridized carbons (Fsp3) is 0.250. The minimum atomic E-state index is -0.463. The molecule has 0 heterocycles. The SMILES string of the molecule is CCc1ccc(C(=O)NNC(=O)C[C@H](NC(C)=O)c2ccccc2)cc1. The second-order valence-corrected chi connectivity index (χ2v) is 5.92. The summed E-state index contributed by atoms with van der Waals surface area (Å²) in [5.74, 6) is -1.02. The Hall–Kier alpha value is -3.15. The van der Waals surface area contributed by atoms with Crippen molar-refractivity contribution < 1.29 is 14.4 Å². The van der Waals surface area contributed by atoms with Gasteiger partial charge in [0.25, 0.3) is 5.91 Å². The molecule has 2 aromatic carbocycles. The number of aryl methyl sites for hydroxylation is 1.